The summed E-state index contributed by atoms with van der Waals surface area (Å²) in [6.07, 6.45) is 0.271. The maximum absolute atomic E-state index is 14.3. The van der Waals surface area contributed by atoms with Gasteiger partial charge in [0.25, 0.3) is 0 Å². The lowest BCUT2D eigenvalue weighted by Gasteiger charge is -2.31. The van der Waals surface area contributed by atoms with Crippen LogP contribution in [0.3, 0.4) is 0 Å². The SMILES string of the molecule is CC(C)CN(C[C@@H](O)[C@H](Cc1ccccc1)NC(=O)O[C@H]1CO[C@H]2OCC[C@H]21)S(=O)(=O)c1ccc(CNC(=O)[C@@H]2CCCN2C(=O)[C@H](CCCCN)NC(=O)[C@@H]2CCCN2C(=O)[C@@H](N)CC(=O)O)cc1. The fourth-order valence-electron chi connectivity index (χ4n) is 9.58. The molecule has 0 spiro atoms. The van der Waals surface area contributed by atoms with Crippen molar-refractivity contribution >= 4 is 45.7 Å². The first kappa shape index (κ1) is 54.1. The fourth-order valence-corrected chi connectivity index (χ4v) is 11.2. The number of sulfonamides is 1. The maximum Gasteiger partial charge on any atom is 0.407 e. The Balaban J connectivity index is 1.07. The van der Waals surface area contributed by atoms with Crippen molar-refractivity contribution in [2.24, 2.45) is 23.3 Å². The van der Waals surface area contributed by atoms with Gasteiger partial charge in [-0.25, -0.2) is 13.2 Å². The molecule has 0 aromatic heterocycles. The summed E-state index contributed by atoms with van der Waals surface area (Å²) in [6, 6.07) is 10.2. The van der Waals surface area contributed by atoms with E-state index in [2.05, 4.69) is 16.0 Å². The van der Waals surface area contributed by atoms with Crippen LogP contribution in [0.25, 0.3) is 0 Å². The number of nitrogens with two attached hydrogens (primary N) is 2. The lowest BCUT2D eigenvalue weighted by atomic mass is 10.0. The van der Waals surface area contributed by atoms with Gasteiger partial charge in [0, 0.05) is 32.7 Å². The molecule has 2 aromatic carbocycles. The van der Waals surface area contributed by atoms with Crippen molar-refractivity contribution in [3.8, 4) is 0 Å². The van der Waals surface area contributed by atoms with Crippen LogP contribution in [0.1, 0.15) is 82.8 Å². The van der Waals surface area contributed by atoms with E-state index in [9.17, 15) is 42.3 Å². The van der Waals surface area contributed by atoms with Crippen molar-refractivity contribution in [2.45, 2.75) is 138 Å². The first-order chi connectivity index (χ1) is 33.5. The van der Waals surface area contributed by atoms with Crippen LogP contribution in [-0.2, 0) is 61.2 Å². The number of unbranched alkanes of at least 4 members (excludes halogenated alkanes) is 1. The fraction of sp³-hybridized carbons (Fsp3) is 0.625. The number of nitrogens with zero attached hydrogens (tertiary/aromatic N) is 3. The van der Waals surface area contributed by atoms with Crippen LogP contribution in [0.5, 0.6) is 0 Å². The average molecular weight is 999 g/mol. The summed E-state index contributed by atoms with van der Waals surface area (Å²) in [5.74, 6) is -3.57. The molecular formula is C48H70N8O13S. The van der Waals surface area contributed by atoms with E-state index in [0.29, 0.717) is 63.7 Å². The van der Waals surface area contributed by atoms with Crippen molar-refractivity contribution in [3.63, 3.8) is 0 Å². The molecule has 21 nitrogen and oxygen atoms in total. The van der Waals surface area contributed by atoms with Crippen molar-refractivity contribution in [1.29, 1.82) is 0 Å². The first-order valence-electron chi connectivity index (χ1n) is 24.3. The number of ether oxygens (including phenoxy) is 3. The summed E-state index contributed by atoms with van der Waals surface area (Å²) in [5, 5.41) is 29.3. The highest BCUT2D eigenvalue weighted by Gasteiger charge is 2.45. The number of aliphatic hydroxyl groups is 1. The summed E-state index contributed by atoms with van der Waals surface area (Å²) >= 11 is 0. The number of benzene rings is 2. The number of hydrogen-bond acceptors (Lipinski definition) is 14. The number of likely N-dealkylation sites (tertiary alicyclic amines) is 2. The number of carbonyl (C=O) groups is 6. The van der Waals surface area contributed by atoms with Crippen LogP contribution in [-0.4, -0.2) is 163 Å². The highest BCUT2D eigenvalue weighted by atomic mass is 32.2. The third kappa shape index (κ3) is 14.2. The molecule has 0 saturated carbocycles. The normalized spacial score (nSPS) is 22.9. The molecule has 0 aliphatic carbocycles. The average Bonchev–Trinajstić information content (AvgIpc) is 4.17. The van der Waals surface area contributed by atoms with Gasteiger partial charge in [0.05, 0.1) is 48.6 Å². The number of nitrogens with one attached hydrogen (secondary N) is 3. The van der Waals surface area contributed by atoms with Gasteiger partial charge in [0.15, 0.2) is 6.29 Å². The number of amides is 5. The van der Waals surface area contributed by atoms with E-state index < -0.39 is 101 Å². The first-order valence-corrected chi connectivity index (χ1v) is 25.8. The molecule has 6 rings (SSSR count). The second kappa shape index (κ2) is 25.2. The lowest BCUT2D eigenvalue weighted by Crippen LogP contribution is -2.57. The minimum absolute atomic E-state index is 0.0165. The number of hydrogen-bond donors (Lipinski definition) is 7. The Morgan fingerprint density at radius 3 is 2.19 bits per heavy atom. The van der Waals surface area contributed by atoms with Crippen molar-refractivity contribution in [3.05, 3.63) is 65.7 Å². The largest absolute Gasteiger partial charge is 0.481 e. The Morgan fingerprint density at radius 2 is 1.53 bits per heavy atom. The highest BCUT2D eigenvalue weighted by Crippen LogP contribution is 2.33. The second-order valence-electron chi connectivity index (χ2n) is 19.0. The van der Waals surface area contributed by atoms with Gasteiger partial charge in [-0.2, -0.15) is 4.31 Å². The molecule has 4 aliphatic heterocycles. The molecule has 5 amide bonds. The molecule has 2 aromatic rings. The van der Waals surface area contributed by atoms with Gasteiger partial charge in [-0.15, -0.1) is 0 Å². The number of carbonyl (C=O) groups excluding carboxylic acids is 5. The minimum Gasteiger partial charge on any atom is -0.481 e. The second-order valence-corrected chi connectivity index (χ2v) is 20.9. The third-order valence-corrected chi connectivity index (χ3v) is 15.1. The number of fused-ring (bicyclic) bond motifs is 1. The number of carboxylic acid groups (broad SMARTS) is 1. The number of alkyl carbamates (subject to hydrolysis) is 1. The molecule has 9 N–H and O–H groups in total. The summed E-state index contributed by atoms with van der Waals surface area (Å²) < 4.78 is 46.7. The Labute approximate surface area is 409 Å². The number of aliphatic carboxylic acids is 1. The van der Waals surface area contributed by atoms with Gasteiger partial charge in [-0.1, -0.05) is 56.3 Å². The topological polar surface area (TPSA) is 303 Å². The highest BCUT2D eigenvalue weighted by molar-refractivity contribution is 7.89. The molecule has 0 radical (unpaired) electrons. The van der Waals surface area contributed by atoms with Gasteiger partial charge in [-0.3, -0.25) is 24.0 Å². The summed E-state index contributed by atoms with van der Waals surface area (Å²) in [6.45, 7) is 5.00. The number of carboxylic acids is 1. The van der Waals surface area contributed by atoms with E-state index in [1.54, 1.807) is 12.1 Å². The zero-order valence-electron chi connectivity index (χ0n) is 40.0. The van der Waals surface area contributed by atoms with Gasteiger partial charge in [0.2, 0.25) is 33.7 Å². The zero-order chi connectivity index (χ0) is 50.5. The van der Waals surface area contributed by atoms with E-state index in [-0.39, 0.29) is 68.9 Å². The molecular weight excluding hydrogens is 929 g/mol. The minimum atomic E-state index is -4.20. The molecule has 4 saturated heterocycles. The van der Waals surface area contributed by atoms with Crippen LogP contribution in [0.4, 0.5) is 4.79 Å². The Hall–Kier alpha value is -5.23. The van der Waals surface area contributed by atoms with E-state index in [1.165, 1.54) is 26.2 Å². The Kier molecular flexibility index (Phi) is 19.5. The molecule has 22 heteroatoms. The molecule has 70 heavy (non-hydrogen) atoms. The van der Waals surface area contributed by atoms with E-state index in [1.807, 2.05) is 44.2 Å². The van der Waals surface area contributed by atoms with Gasteiger partial charge < -0.3 is 61.6 Å². The zero-order valence-corrected chi connectivity index (χ0v) is 40.8. The van der Waals surface area contributed by atoms with Crippen LogP contribution >= 0.6 is 0 Å². The number of rotatable bonds is 24. The van der Waals surface area contributed by atoms with Crippen LogP contribution in [0.2, 0.25) is 0 Å². The Bertz CT molecular complexity index is 2220. The molecule has 4 heterocycles. The van der Waals surface area contributed by atoms with Gasteiger partial charge in [0.1, 0.15) is 24.2 Å². The van der Waals surface area contributed by atoms with Gasteiger partial charge in [-0.05, 0) is 93.5 Å². The predicted molar refractivity (Wildman–Crippen MR) is 254 cm³/mol. The van der Waals surface area contributed by atoms with Crippen molar-refractivity contribution < 1.29 is 61.6 Å². The molecule has 386 valence electrons. The standard InChI is InChI=1S/C48H70N8O13S/c1-30(2)27-54(28-40(57)37(24-31-10-4-3-5-11-31)53-48(64)69-41-29-68-47-34(41)19-23-67-47)70(65,66)33-17-15-32(16-18-33)26-51-43(60)38-13-8-22-56(38)46(63)36(12-6-7-20-49)52-44(61)39-14-9-21-55(39)45(62)35(50)25-42(58)59/h3-5,10-11,15-18,30,34-41,47,57H,6-9,12-14,19-29,49-50H2,1-2H3,(H,51,60)(H,52,61)(H,53,64)(H,58,59)/t34-,35-,36-,37-,38-,39-,40+,41-,47+/m0/s1. The van der Waals surface area contributed by atoms with Crippen LogP contribution < -0.4 is 27.4 Å². The van der Waals surface area contributed by atoms with Crippen molar-refractivity contribution in [1.82, 2.24) is 30.1 Å². The molecule has 0 unspecified atom stereocenters. The lowest BCUT2D eigenvalue weighted by molar-refractivity contribution is -0.145. The quantitative estimate of drug-likeness (QED) is 0.0716. The molecule has 4 fully saturated rings. The smallest absolute Gasteiger partial charge is 0.407 e. The molecule has 9 atom stereocenters. The van der Waals surface area contributed by atoms with E-state index >= 15 is 0 Å². The van der Waals surface area contributed by atoms with Crippen molar-refractivity contribution in [2.75, 3.05) is 45.9 Å². The summed E-state index contributed by atoms with van der Waals surface area (Å²) in [5.41, 5.74) is 13.0. The monoisotopic (exact) mass is 998 g/mol. The van der Waals surface area contributed by atoms with Crippen LogP contribution in [0, 0.1) is 11.8 Å². The maximum atomic E-state index is 14.3. The molecule has 0 bridgehead atoms. The van der Waals surface area contributed by atoms with E-state index in [4.69, 9.17) is 30.8 Å². The van der Waals surface area contributed by atoms with Gasteiger partial charge >= 0.3 is 12.1 Å². The summed E-state index contributed by atoms with van der Waals surface area (Å²) in [4.78, 5) is 81.6. The molecule has 4 aliphatic rings. The number of aliphatic hydroxyl groups excluding tert-OH is 1. The van der Waals surface area contributed by atoms with E-state index in [0.717, 1.165) is 5.56 Å². The van der Waals surface area contributed by atoms with Crippen LogP contribution in [0.15, 0.2) is 59.5 Å². The Morgan fingerprint density at radius 1 is 0.857 bits per heavy atom. The summed E-state index contributed by atoms with van der Waals surface area (Å²) in [7, 11) is -4.20. The third-order valence-electron chi connectivity index (χ3n) is 13.2. The predicted octanol–water partition coefficient (Wildman–Crippen LogP) is 0.807.